The van der Waals surface area contributed by atoms with E-state index in [9.17, 15) is 9.59 Å². The van der Waals surface area contributed by atoms with E-state index in [-0.39, 0.29) is 0 Å². The van der Waals surface area contributed by atoms with Crippen LogP contribution < -0.4 is 0 Å². The van der Waals surface area contributed by atoms with Crippen LogP contribution in [0.2, 0.25) is 0 Å². The lowest BCUT2D eigenvalue weighted by Crippen LogP contribution is -2.26. The minimum Gasteiger partial charge on any atom is -0.463 e. The molecule has 1 aromatic carbocycles. The van der Waals surface area contributed by atoms with Crippen LogP contribution in [-0.4, -0.2) is 28.8 Å². The van der Waals surface area contributed by atoms with E-state index in [1.54, 1.807) is 13.1 Å². The van der Waals surface area contributed by atoms with Crippen molar-refractivity contribution >= 4 is 23.0 Å². The van der Waals surface area contributed by atoms with Gasteiger partial charge in [0.25, 0.3) is 0 Å². The molecule has 24 heavy (non-hydrogen) atoms. The zero-order valence-electron chi connectivity index (χ0n) is 14.6. The van der Waals surface area contributed by atoms with Crippen molar-refractivity contribution in [3.8, 4) is 0 Å². The van der Waals surface area contributed by atoms with Gasteiger partial charge in [-0.15, -0.1) is 0 Å². The van der Waals surface area contributed by atoms with Crippen LogP contribution in [0.1, 0.15) is 33.3 Å². The second-order valence-corrected chi connectivity index (χ2v) is 6.52. The Hall–Kier alpha value is -2.56. The maximum absolute atomic E-state index is 12.4. The Labute approximate surface area is 141 Å². The standard InChI is InChI=1S/C19H23NO4/c1-6-23-17(21)13(2)11-14-12-20(18(22)24-19(3,4)5)16-10-8-7-9-15(14)16/h7-10,12H,2,6,11H2,1,3-5H3. The highest BCUT2D eigenvalue weighted by Gasteiger charge is 2.21. The van der Waals surface area contributed by atoms with Crippen LogP contribution in [0.15, 0.2) is 42.6 Å². The summed E-state index contributed by atoms with van der Waals surface area (Å²) in [7, 11) is 0. The minimum atomic E-state index is -0.586. The quantitative estimate of drug-likeness (QED) is 0.626. The number of esters is 1. The molecule has 0 aliphatic carbocycles. The van der Waals surface area contributed by atoms with Crippen LogP contribution in [0.4, 0.5) is 4.79 Å². The summed E-state index contributed by atoms with van der Waals surface area (Å²) in [6.45, 7) is 11.3. The van der Waals surface area contributed by atoms with E-state index in [0.29, 0.717) is 18.6 Å². The zero-order chi connectivity index (χ0) is 17.9. The van der Waals surface area contributed by atoms with Crippen LogP contribution in [0.25, 0.3) is 10.9 Å². The first kappa shape index (κ1) is 17.8. The maximum Gasteiger partial charge on any atom is 0.419 e. The number of carbonyl (C=O) groups excluding carboxylic acids is 2. The Morgan fingerprint density at radius 2 is 1.88 bits per heavy atom. The van der Waals surface area contributed by atoms with Gasteiger partial charge in [0.15, 0.2) is 0 Å². The number of para-hydroxylation sites is 1. The fourth-order valence-electron chi connectivity index (χ4n) is 2.39. The first-order valence-electron chi connectivity index (χ1n) is 7.90. The Bertz CT molecular complexity index is 780. The molecule has 0 N–H and O–H groups in total. The van der Waals surface area contributed by atoms with Gasteiger partial charge in [-0.25, -0.2) is 9.59 Å². The van der Waals surface area contributed by atoms with Gasteiger partial charge in [0.05, 0.1) is 12.1 Å². The van der Waals surface area contributed by atoms with Crippen LogP contribution in [0.5, 0.6) is 0 Å². The summed E-state index contributed by atoms with van der Waals surface area (Å²) in [5, 5.41) is 0.883. The number of ether oxygens (including phenoxy) is 2. The molecule has 0 fully saturated rings. The average molecular weight is 329 g/mol. The zero-order valence-corrected chi connectivity index (χ0v) is 14.6. The summed E-state index contributed by atoms with van der Waals surface area (Å²) in [4.78, 5) is 24.2. The third-order valence-electron chi connectivity index (χ3n) is 3.35. The molecule has 0 saturated carbocycles. The maximum atomic E-state index is 12.4. The largest absolute Gasteiger partial charge is 0.463 e. The number of hydrogen-bond acceptors (Lipinski definition) is 4. The number of fused-ring (bicyclic) bond motifs is 1. The molecule has 0 radical (unpaired) electrons. The predicted molar refractivity (Wildman–Crippen MR) is 93.0 cm³/mol. The first-order chi connectivity index (χ1) is 11.2. The molecule has 1 heterocycles. The summed E-state index contributed by atoms with van der Waals surface area (Å²) >= 11 is 0. The summed E-state index contributed by atoms with van der Waals surface area (Å²) in [6.07, 6.45) is 1.56. The second kappa shape index (κ2) is 6.91. The highest BCUT2D eigenvalue weighted by atomic mass is 16.6. The Kier molecular flexibility index (Phi) is 5.12. The molecule has 0 aliphatic rings. The molecule has 0 saturated heterocycles. The van der Waals surface area contributed by atoms with E-state index in [2.05, 4.69) is 6.58 Å². The Balaban J connectivity index is 2.37. The second-order valence-electron chi connectivity index (χ2n) is 6.52. The van der Waals surface area contributed by atoms with E-state index in [4.69, 9.17) is 9.47 Å². The predicted octanol–water partition coefficient (Wildman–Crippen LogP) is 4.09. The van der Waals surface area contributed by atoms with Gasteiger partial charge in [-0.3, -0.25) is 4.57 Å². The fourth-order valence-corrected chi connectivity index (χ4v) is 2.39. The molecule has 0 aliphatic heterocycles. The lowest BCUT2D eigenvalue weighted by atomic mass is 10.1. The van der Waals surface area contributed by atoms with Crippen molar-refractivity contribution in [2.75, 3.05) is 6.61 Å². The van der Waals surface area contributed by atoms with Crippen LogP contribution >= 0.6 is 0 Å². The van der Waals surface area contributed by atoms with Crippen LogP contribution in [0, 0.1) is 0 Å². The molecule has 2 rings (SSSR count). The summed E-state index contributed by atoms with van der Waals surface area (Å²) in [5.41, 5.74) is 1.33. The number of hydrogen-bond donors (Lipinski definition) is 0. The molecule has 1 aromatic heterocycles. The summed E-state index contributed by atoms with van der Waals surface area (Å²) in [5.74, 6) is -0.424. The van der Waals surface area contributed by atoms with Crippen molar-refractivity contribution in [3.63, 3.8) is 0 Å². The highest BCUT2D eigenvalue weighted by Crippen LogP contribution is 2.25. The molecule has 5 nitrogen and oxygen atoms in total. The van der Waals surface area contributed by atoms with E-state index in [1.807, 2.05) is 45.0 Å². The topological polar surface area (TPSA) is 57.5 Å². The van der Waals surface area contributed by atoms with Gasteiger partial charge in [0.2, 0.25) is 0 Å². The summed E-state index contributed by atoms with van der Waals surface area (Å²) in [6, 6.07) is 7.49. The van der Waals surface area contributed by atoms with Gasteiger partial charge < -0.3 is 9.47 Å². The van der Waals surface area contributed by atoms with Crippen molar-refractivity contribution in [2.24, 2.45) is 0 Å². The van der Waals surface area contributed by atoms with Crippen molar-refractivity contribution in [3.05, 3.63) is 48.2 Å². The molecule has 2 aromatic rings. The summed E-state index contributed by atoms with van der Waals surface area (Å²) < 4.78 is 11.9. The number of aromatic nitrogens is 1. The van der Waals surface area contributed by atoms with E-state index < -0.39 is 17.7 Å². The molecule has 0 unspecified atom stereocenters. The number of rotatable bonds is 4. The van der Waals surface area contributed by atoms with Crippen LogP contribution in [0.3, 0.4) is 0 Å². The highest BCUT2D eigenvalue weighted by molar-refractivity contribution is 5.94. The van der Waals surface area contributed by atoms with Crippen LogP contribution in [-0.2, 0) is 20.7 Å². The SMILES string of the molecule is C=C(Cc1cn(C(=O)OC(C)(C)C)c2ccccc12)C(=O)OCC. The van der Waals surface area contributed by atoms with E-state index >= 15 is 0 Å². The van der Waals surface area contributed by atoms with Crippen molar-refractivity contribution in [1.29, 1.82) is 0 Å². The fraction of sp³-hybridized carbons (Fsp3) is 0.368. The smallest absolute Gasteiger partial charge is 0.419 e. The molecular formula is C19H23NO4. The van der Waals surface area contributed by atoms with Gasteiger partial charge >= 0.3 is 12.1 Å². The number of carbonyl (C=O) groups is 2. The molecule has 5 heteroatoms. The molecule has 128 valence electrons. The number of benzene rings is 1. The third kappa shape index (κ3) is 4.04. The molecule has 0 spiro atoms. The minimum absolute atomic E-state index is 0.303. The van der Waals surface area contributed by atoms with Crippen molar-refractivity contribution < 1.29 is 19.1 Å². The van der Waals surface area contributed by atoms with Gasteiger partial charge in [-0.05, 0) is 39.3 Å². The van der Waals surface area contributed by atoms with Crippen molar-refractivity contribution in [2.45, 2.75) is 39.7 Å². The Morgan fingerprint density at radius 3 is 2.50 bits per heavy atom. The normalized spacial score (nSPS) is 11.3. The van der Waals surface area contributed by atoms with Gasteiger partial charge in [0.1, 0.15) is 5.60 Å². The van der Waals surface area contributed by atoms with E-state index in [0.717, 1.165) is 16.5 Å². The number of nitrogens with zero attached hydrogens (tertiary/aromatic N) is 1. The molecule has 0 amide bonds. The monoisotopic (exact) mass is 329 g/mol. The lowest BCUT2D eigenvalue weighted by molar-refractivity contribution is -0.138. The lowest BCUT2D eigenvalue weighted by Gasteiger charge is -2.19. The van der Waals surface area contributed by atoms with Gasteiger partial charge in [0, 0.05) is 23.6 Å². The average Bonchev–Trinajstić information content (AvgIpc) is 2.85. The first-order valence-corrected chi connectivity index (χ1v) is 7.90. The third-order valence-corrected chi connectivity index (χ3v) is 3.35. The van der Waals surface area contributed by atoms with Crippen molar-refractivity contribution in [1.82, 2.24) is 4.57 Å². The van der Waals surface area contributed by atoms with Gasteiger partial charge in [-0.2, -0.15) is 0 Å². The Morgan fingerprint density at radius 1 is 1.21 bits per heavy atom. The molecular weight excluding hydrogens is 306 g/mol. The van der Waals surface area contributed by atoms with E-state index in [1.165, 1.54) is 4.57 Å². The molecule has 0 bridgehead atoms. The van der Waals surface area contributed by atoms with Gasteiger partial charge in [-0.1, -0.05) is 24.8 Å². The molecule has 0 atom stereocenters.